The highest BCUT2D eigenvalue weighted by atomic mass is 16.5. The SMILES string of the molecule is CNC(C)(C#N)CN1CCOCC1C. The number of rotatable bonds is 3. The summed E-state index contributed by atoms with van der Waals surface area (Å²) < 4.78 is 5.35. The maximum atomic E-state index is 9.03. The van der Waals surface area contributed by atoms with Gasteiger partial charge in [-0.15, -0.1) is 0 Å². The molecule has 4 nitrogen and oxygen atoms in total. The molecule has 0 aliphatic carbocycles. The molecule has 2 atom stereocenters. The number of nitriles is 1. The van der Waals surface area contributed by atoms with Crippen LogP contribution in [0.5, 0.6) is 0 Å². The van der Waals surface area contributed by atoms with Crippen molar-refractivity contribution in [1.82, 2.24) is 10.2 Å². The summed E-state index contributed by atoms with van der Waals surface area (Å²) in [5, 5.41) is 12.1. The van der Waals surface area contributed by atoms with Gasteiger partial charge in [-0.25, -0.2) is 0 Å². The van der Waals surface area contributed by atoms with Gasteiger partial charge in [-0.05, 0) is 20.9 Å². The molecule has 0 aromatic carbocycles. The molecule has 0 aromatic heterocycles. The summed E-state index contributed by atoms with van der Waals surface area (Å²) in [6.45, 7) is 7.27. The van der Waals surface area contributed by atoms with Crippen LogP contribution >= 0.6 is 0 Å². The first-order valence-corrected chi connectivity index (χ1v) is 5.03. The second kappa shape index (κ2) is 4.74. The van der Waals surface area contributed by atoms with Gasteiger partial charge >= 0.3 is 0 Å². The molecule has 1 saturated heterocycles. The highest BCUT2D eigenvalue weighted by Crippen LogP contribution is 2.11. The van der Waals surface area contributed by atoms with E-state index in [1.807, 2.05) is 14.0 Å². The molecule has 1 aliphatic heterocycles. The van der Waals surface area contributed by atoms with E-state index >= 15 is 0 Å². The summed E-state index contributed by atoms with van der Waals surface area (Å²) in [6.07, 6.45) is 0. The van der Waals surface area contributed by atoms with Gasteiger partial charge in [0.1, 0.15) is 5.54 Å². The molecule has 1 rings (SSSR count). The number of ether oxygens (including phenoxy) is 1. The van der Waals surface area contributed by atoms with Gasteiger partial charge in [0, 0.05) is 19.1 Å². The van der Waals surface area contributed by atoms with Crippen molar-refractivity contribution in [3.05, 3.63) is 0 Å². The topological polar surface area (TPSA) is 48.3 Å². The first kappa shape index (κ1) is 11.4. The van der Waals surface area contributed by atoms with Gasteiger partial charge in [0.2, 0.25) is 0 Å². The molecule has 1 heterocycles. The van der Waals surface area contributed by atoms with Crippen LogP contribution in [0.2, 0.25) is 0 Å². The van der Waals surface area contributed by atoms with Crippen molar-refractivity contribution in [3.63, 3.8) is 0 Å². The molecular formula is C10H19N3O. The van der Waals surface area contributed by atoms with Crippen LogP contribution in [0.3, 0.4) is 0 Å². The van der Waals surface area contributed by atoms with E-state index in [4.69, 9.17) is 10.00 Å². The highest BCUT2D eigenvalue weighted by molar-refractivity contribution is 5.05. The van der Waals surface area contributed by atoms with Crippen LogP contribution in [0, 0.1) is 11.3 Å². The predicted molar refractivity (Wildman–Crippen MR) is 54.9 cm³/mol. The molecule has 4 heteroatoms. The first-order chi connectivity index (χ1) is 6.61. The second-order valence-corrected chi connectivity index (χ2v) is 4.09. The molecule has 14 heavy (non-hydrogen) atoms. The largest absolute Gasteiger partial charge is 0.379 e. The van der Waals surface area contributed by atoms with Crippen LogP contribution in [-0.2, 0) is 4.74 Å². The Morgan fingerprint density at radius 2 is 2.43 bits per heavy atom. The van der Waals surface area contributed by atoms with E-state index in [0.717, 1.165) is 26.3 Å². The number of hydrogen-bond donors (Lipinski definition) is 1. The van der Waals surface area contributed by atoms with Gasteiger partial charge in [0.15, 0.2) is 0 Å². The normalized spacial score (nSPS) is 28.0. The number of likely N-dealkylation sites (N-methyl/N-ethyl adjacent to an activating group) is 1. The van der Waals surface area contributed by atoms with Gasteiger partial charge < -0.3 is 10.1 Å². The van der Waals surface area contributed by atoms with Crippen molar-refractivity contribution in [2.75, 3.05) is 33.4 Å². The number of nitrogens with one attached hydrogen (secondary N) is 1. The van der Waals surface area contributed by atoms with Gasteiger partial charge in [-0.2, -0.15) is 5.26 Å². The van der Waals surface area contributed by atoms with Crippen LogP contribution in [0.25, 0.3) is 0 Å². The maximum absolute atomic E-state index is 9.03. The quantitative estimate of drug-likeness (QED) is 0.702. The molecule has 1 N–H and O–H groups in total. The molecule has 0 saturated carbocycles. The Kier molecular flexibility index (Phi) is 3.87. The highest BCUT2D eigenvalue weighted by Gasteiger charge is 2.28. The van der Waals surface area contributed by atoms with Gasteiger partial charge in [-0.1, -0.05) is 0 Å². The van der Waals surface area contributed by atoms with Crippen LogP contribution in [0.1, 0.15) is 13.8 Å². The zero-order chi connectivity index (χ0) is 10.6. The molecule has 0 aromatic rings. The molecule has 0 radical (unpaired) electrons. The lowest BCUT2D eigenvalue weighted by Crippen LogP contribution is -2.54. The Hall–Kier alpha value is -0.630. The van der Waals surface area contributed by atoms with E-state index in [0.29, 0.717) is 6.04 Å². The Morgan fingerprint density at radius 3 is 2.93 bits per heavy atom. The van der Waals surface area contributed by atoms with E-state index in [1.54, 1.807) is 0 Å². The average molecular weight is 197 g/mol. The van der Waals surface area contributed by atoms with Gasteiger partial charge in [-0.3, -0.25) is 4.90 Å². The van der Waals surface area contributed by atoms with Crippen molar-refractivity contribution in [1.29, 1.82) is 5.26 Å². The minimum atomic E-state index is -0.453. The molecule has 0 spiro atoms. The molecular weight excluding hydrogens is 178 g/mol. The van der Waals surface area contributed by atoms with E-state index < -0.39 is 5.54 Å². The fraction of sp³-hybridized carbons (Fsp3) is 0.900. The third kappa shape index (κ3) is 2.68. The smallest absolute Gasteiger partial charge is 0.116 e. The molecule has 1 fully saturated rings. The standard InChI is InChI=1S/C10H19N3O/c1-9-6-14-5-4-13(9)8-10(2,7-11)12-3/h9,12H,4-6,8H2,1-3H3. The summed E-state index contributed by atoms with van der Waals surface area (Å²) in [5.74, 6) is 0. The Bertz CT molecular complexity index is 226. The van der Waals surface area contributed by atoms with E-state index in [-0.39, 0.29) is 0 Å². The fourth-order valence-corrected chi connectivity index (χ4v) is 1.57. The van der Waals surface area contributed by atoms with Crippen LogP contribution in [0.4, 0.5) is 0 Å². The van der Waals surface area contributed by atoms with Crippen molar-refractivity contribution >= 4 is 0 Å². The van der Waals surface area contributed by atoms with Crippen molar-refractivity contribution in [2.45, 2.75) is 25.4 Å². The van der Waals surface area contributed by atoms with E-state index in [1.165, 1.54) is 0 Å². The van der Waals surface area contributed by atoms with Crippen LogP contribution in [-0.4, -0.2) is 49.8 Å². The van der Waals surface area contributed by atoms with Crippen molar-refractivity contribution in [2.24, 2.45) is 0 Å². The zero-order valence-corrected chi connectivity index (χ0v) is 9.21. The maximum Gasteiger partial charge on any atom is 0.116 e. The third-order valence-electron chi connectivity index (χ3n) is 2.82. The molecule has 80 valence electrons. The Balaban J connectivity index is 2.53. The third-order valence-corrected chi connectivity index (χ3v) is 2.82. The van der Waals surface area contributed by atoms with Gasteiger partial charge in [0.05, 0.1) is 19.3 Å². The van der Waals surface area contributed by atoms with Gasteiger partial charge in [0.25, 0.3) is 0 Å². The Labute approximate surface area is 85.8 Å². The summed E-state index contributed by atoms with van der Waals surface area (Å²) >= 11 is 0. The zero-order valence-electron chi connectivity index (χ0n) is 9.21. The summed E-state index contributed by atoms with van der Waals surface area (Å²) in [7, 11) is 1.83. The minimum Gasteiger partial charge on any atom is -0.379 e. The molecule has 0 amide bonds. The minimum absolute atomic E-state index is 0.407. The van der Waals surface area contributed by atoms with E-state index in [2.05, 4.69) is 23.2 Å². The molecule has 0 bridgehead atoms. The predicted octanol–water partition coefficient (Wildman–Crippen LogP) is 0.209. The summed E-state index contributed by atoms with van der Waals surface area (Å²) in [4.78, 5) is 2.29. The number of hydrogen-bond acceptors (Lipinski definition) is 4. The van der Waals surface area contributed by atoms with Crippen LogP contribution in [0.15, 0.2) is 0 Å². The summed E-state index contributed by atoms with van der Waals surface area (Å²) in [5.41, 5.74) is -0.453. The lowest BCUT2D eigenvalue weighted by atomic mass is 10.0. The number of nitrogens with zero attached hydrogens (tertiary/aromatic N) is 2. The monoisotopic (exact) mass is 197 g/mol. The lowest BCUT2D eigenvalue weighted by Gasteiger charge is -2.37. The average Bonchev–Trinajstić information content (AvgIpc) is 2.21. The fourth-order valence-electron chi connectivity index (χ4n) is 1.57. The van der Waals surface area contributed by atoms with E-state index in [9.17, 15) is 0 Å². The first-order valence-electron chi connectivity index (χ1n) is 5.03. The molecule has 1 aliphatic rings. The molecule has 2 unspecified atom stereocenters. The number of morpholine rings is 1. The van der Waals surface area contributed by atoms with Crippen molar-refractivity contribution < 1.29 is 4.74 Å². The second-order valence-electron chi connectivity index (χ2n) is 4.09. The van der Waals surface area contributed by atoms with Crippen LogP contribution < -0.4 is 5.32 Å². The lowest BCUT2D eigenvalue weighted by molar-refractivity contribution is -0.00720. The Morgan fingerprint density at radius 1 is 1.71 bits per heavy atom. The van der Waals surface area contributed by atoms with Crippen molar-refractivity contribution in [3.8, 4) is 6.07 Å². The summed E-state index contributed by atoms with van der Waals surface area (Å²) in [6, 6.07) is 2.71.